The molecule has 6 nitrogen and oxygen atoms in total. The van der Waals surface area contributed by atoms with Crippen LogP contribution >= 0.6 is 0 Å². The second-order valence-corrected chi connectivity index (χ2v) is 6.54. The molecule has 0 spiro atoms. The molecule has 8 heteroatoms. The molecule has 1 aliphatic rings. The Morgan fingerprint density at radius 1 is 1.38 bits per heavy atom. The fourth-order valence-corrected chi connectivity index (χ4v) is 3.22. The van der Waals surface area contributed by atoms with Crippen LogP contribution in [0.25, 0.3) is 10.9 Å². The third-order valence-corrected chi connectivity index (χ3v) is 4.70. The summed E-state index contributed by atoms with van der Waals surface area (Å²) in [6.45, 7) is 3.89. The minimum atomic E-state index is -1.11. The molecule has 1 aromatic carbocycles. The largest absolute Gasteiger partial charge is 0.481 e. The zero-order valence-corrected chi connectivity index (χ0v) is 14.4. The maximum Gasteiger partial charge on any atom is 0.341 e. The van der Waals surface area contributed by atoms with E-state index in [1.807, 2.05) is 0 Å². The van der Waals surface area contributed by atoms with E-state index < -0.39 is 29.0 Å². The lowest BCUT2D eigenvalue weighted by molar-refractivity contribution is -0.146. The Balaban J connectivity index is 2.20. The number of nitrogens with zero attached hydrogens (tertiary/aromatic N) is 2. The van der Waals surface area contributed by atoms with E-state index in [2.05, 4.69) is 4.98 Å². The Bertz CT molecular complexity index is 902. The van der Waals surface area contributed by atoms with Crippen LogP contribution in [0, 0.1) is 17.0 Å². The van der Waals surface area contributed by atoms with Gasteiger partial charge in [0.25, 0.3) is 0 Å². The number of halogens is 2. The van der Waals surface area contributed by atoms with Crippen LogP contribution < -0.4 is 4.90 Å². The molecule has 0 aliphatic carbocycles. The predicted molar refractivity (Wildman–Crippen MR) is 90.2 cm³/mol. The van der Waals surface area contributed by atoms with Crippen LogP contribution in [0.4, 0.5) is 14.5 Å². The van der Waals surface area contributed by atoms with Gasteiger partial charge in [0.1, 0.15) is 11.1 Å². The van der Waals surface area contributed by atoms with Gasteiger partial charge in [-0.1, -0.05) is 0 Å². The standard InChI is InChI=1S/C18H18F2N2O4/c1-3-26-16(23)11-8-21-14-10(4-5-12(19)13(14)20)15(11)22-7-6-18(2,9-22)17(24)25/h4-5,8H,3,6-7,9H2,1-2H3,(H,24,25). The van der Waals surface area contributed by atoms with Crippen LogP contribution in [0.3, 0.4) is 0 Å². The number of benzene rings is 1. The minimum Gasteiger partial charge on any atom is -0.481 e. The number of hydrogen-bond acceptors (Lipinski definition) is 5. The highest BCUT2D eigenvalue weighted by molar-refractivity contribution is 6.05. The highest BCUT2D eigenvalue weighted by Gasteiger charge is 2.42. The zero-order chi connectivity index (χ0) is 19.1. The van der Waals surface area contributed by atoms with Gasteiger partial charge in [-0.25, -0.2) is 13.6 Å². The lowest BCUT2D eigenvalue weighted by Gasteiger charge is -2.25. The SMILES string of the molecule is CCOC(=O)c1cnc2c(F)c(F)ccc2c1N1CCC(C)(C(=O)O)C1. The van der Waals surface area contributed by atoms with Crippen molar-refractivity contribution < 1.29 is 28.2 Å². The van der Waals surface area contributed by atoms with Crippen LogP contribution in [0.1, 0.15) is 30.6 Å². The molecule has 0 bridgehead atoms. The summed E-state index contributed by atoms with van der Waals surface area (Å²) in [6.07, 6.45) is 1.51. The summed E-state index contributed by atoms with van der Waals surface area (Å²) in [6, 6.07) is 2.31. The van der Waals surface area contributed by atoms with Crippen molar-refractivity contribution in [2.45, 2.75) is 20.3 Å². The number of carbonyl (C=O) groups excluding carboxylic acids is 1. The number of ether oxygens (including phenoxy) is 1. The van der Waals surface area contributed by atoms with E-state index >= 15 is 0 Å². The van der Waals surface area contributed by atoms with Gasteiger partial charge in [0.15, 0.2) is 11.6 Å². The molecule has 1 atom stereocenters. The normalized spacial score (nSPS) is 19.8. The Kier molecular flexibility index (Phi) is 4.52. The van der Waals surface area contributed by atoms with Crippen LogP contribution in [0.5, 0.6) is 0 Å². The van der Waals surface area contributed by atoms with Crippen molar-refractivity contribution in [3.05, 3.63) is 35.5 Å². The quantitative estimate of drug-likeness (QED) is 0.840. The molecular weight excluding hydrogens is 346 g/mol. The number of aliphatic carboxylic acids is 1. The molecule has 2 heterocycles. The van der Waals surface area contributed by atoms with Crippen LogP contribution in [0.15, 0.2) is 18.3 Å². The van der Waals surface area contributed by atoms with Gasteiger partial charge >= 0.3 is 11.9 Å². The van der Waals surface area contributed by atoms with Crippen molar-refractivity contribution in [3.63, 3.8) is 0 Å². The summed E-state index contributed by atoms with van der Waals surface area (Å²) in [5.74, 6) is -3.75. The number of pyridine rings is 1. The fourth-order valence-electron chi connectivity index (χ4n) is 3.22. The van der Waals surface area contributed by atoms with E-state index in [1.165, 1.54) is 6.07 Å². The van der Waals surface area contributed by atoms with Crippen molar-refractivity contribution in [2.75, 3.05) is 24.6 Å². The first kappa shape index (κ1) is 18.0. The number of carboxylic acid groups (broad SMARTS) is 1. The third-order valence-electron chi connectivity index (χ3n) is 4.70. The molecule has 3 rings (SSSR count). The van der Waals surface area contributed by atoms with Crippen molar-refractivity contribution in [1.29, 1.82) is 0 Å². The average molecular weight is 364 g/mol. The first-order valence-corrected chi connectivity index (χ1v) is 8.20. The van der Waals surface area contributed by atoms with Gasteiger partial charge in [-0.15, -0.1) is 0 Å². The van der Waals surface area contributed by atoms with Crippen molar-refractivity contribution in [3.8, 4) is 0 Å². The summed E-state index contributed by atoms with van der Waals surface area (Å²) in [5.41, 5.74) is -0.797. The maximum atomic E-state index is 14.2. The van der Waals surface area contributed by atoms with Gasteiger partial charge < -0.3 is 14.7 Å². The van der Waals surface area contributed by atoms with Gasteiger partial charge in [-0.2, -0.15) is 0 Å². The van der Waals surface area contributed by atoms with E-state index in [9.17, 15) is 23.5 Å². The summed E-state index contributed by atoms with van der Waals surface area (Å²) < 4.78 is 32.8. The molecule has 0 radical (unpaired) electrons. The van der Waals surface area contributed by atoms with Gasteiger partial charge in [-0.3, -0.25) is 9.78 Å². The molecule has 1 aromatic heterocycles. The van der Waals surface area contributed by atoms with E-state index in [0.29, 0.717) is 18.7 Å². The topological polar surface area (TPSA) is 79.7 Å². The molecule has 26 heavy (non-hydrogen) atoms. The molecule has 2 aromatic rings. The third kappa shape index (κ3) is 2.85. The molecule has 1 saturated heterocycles. The van der Waals surface area contributed by atoms with Crippen LogP contribution in [-0.2, 0) is 9.53 Å². The summed E-state index contributed by atoms with van der Waals surface area (Å²) in [4.78, 5) is 29.5. The number of anilines is 1. The molecule has 0 amide bonds. The van der Waals surface area contributed by atoms with E-state index in [4.69, 9.17) is 4.74 Å². The molecule has 0 saturated carbocycles. The molecule has 1 aliphatic heterocycles. The second kappa shape index (κ2) is 6.51. The number of aromatic nitrogens is 1. The summed E-state index contributed by atoms with van der Waals surface area (Å²) in [7, 11) is 0. The number of esters is 1. The fraction of sp³-hybridized carbons (Fsp3) is 0.389. The van der Waals surface area contributed by atoms with E-state index in [0.717, 1.165) is 12.3 Å². The van der Waals surface area contributed by atoms with E-state index in [1.54, 1.807) is 18.7 Å². The Morgan fingerprint density at radius 2 is 2.12 bits per heavy atom. The molecule has 1 unspecified atom stereocenters. The smallest absolute Gasteiger partial charge is 0.341 e. The Labute approximate surface area is 148 Å². The molecular formula is C18H18F2N2O4. The van der Waals surface area contributed by atoms with Gasteiger partial charge in [0.2, 0.25) is 0 Å². The number of carbonyl (C=O) groups is 2. The highest BCUT2D eigenvalue weighted by Crippen LogP contribution is 2.39. The maximum absolute atomic E-state index is 14.2. The van der Waals surface area contributed by atoms with Crippen molar-refractivity contribution >= 4 is 28.5 Å². The first-order chi connectivity index (χ1) is 12.3. The lowest BCUT2D eigenvalue weighted by atomic mass is 9.90. The van der Waals surface area contributed by atoms with E-state index in [-0.39, 0.29) is 29.6 Å². The molecule has 138 valence electrons. The Hall–Kier alpha value is -2.77. The second-order valence-electron chi connectivity index (χ2n) is 6.54. The van der Waals surface area contributed by atoms with Gasteiger partial charge in [0, 0.05) is 24.7 Å². The molecule has 1 N–H and O–H groups in total. The number of fused-ring (bicyclic) bond motifs is 1. The summed E-state index contributed by atoms with van der Waals surface area (Å²) in [5, 5.41) is 9.69. The number of carboxylic acids is 1. The number of hydrogen-bond donors (Lipinski definition) is 1. The van der Waals surface area contributed by atoms with Gasteiger partial charge in [0.05, 0.1) is 17.7 Å². The first-order valence-electron chi connectivity index (χ1n) is 8.20. The summed E-state index contributed by atoms with van der Waals surface area (Å²) >= 11 is 0. The van der Waals surface area contributed by atoms with Crippen molar-refractivity contribution in [1.82, 2.24) is 4.98 Å². The molecule has 1 fully saturated rings. The van der Waals surface area contributed by atoms with Gasteiger partial charge in [-0.05, 0) is 32.4 Å². The van der Waals surface area contributed by atoms with Crippen LogP contribution in [0.2, 0.25) is 0 Å². The predicted octanol–water partition coefficient (Wildman–Crippen LogP) is 2.99. The lowest BCUT2D eigenvalue weighted by Crippen LogP contribution is -2.32. The minimum absolute atomic E-state index is 0.0972. The van der Waals surface area contributed by atoms with Crippen LogP contribution in [-0.4, -0.2) is 41.7 Å². The average Bonchev–Trinajstić information content (AvgIpc) is 3.01. The highest BCUT2D eigenvalue weighted by atomic mass is 19.2. The zero-order valence-electron chi connectivity index (χ0n) is 14.4. The van der Waals surface area contributed by atoms with Crippen molar-refractivity contribution in [2.24, 2.45) is 5.41 Å². The Morgan fingerprint density at radius 3 is 2.73 bits per heavy atom. The monoisotopic (exact) mass is 364 g/mol. The number of rotatable bonds is 4.